The maximum absolute atomic E-state index is 10.0. The number of hydrogen-bond acceptors (Lipinski definition) is 5. The molecule has 94 valence electrons. The van der Waals surface area contributed by atoms with Gasteiger partial charge < -0.3 is 24.6 Å². The number of phenolic OH excluding ortho intramolecular Hbond substituents is 1. The van der Waals surface area contributed by atoms with Gasteiger partial charge >= 0.3 is 0 Å². The Kier molecular flexibility index (Phi) is 3.71. The number of aromatic hydroxyl groups is 1. The van der Waals surface area contributed by atoms with Crippen LogP contribution >= 0.6 is 0 Å². The highest BCUT2D eigenvalue weighted by atomic mass is 16.5. The van der Waals surface area contributed by atoms with Crippen molar-refractivity contribution in [3.63, 3.8) is 0 Å². The van der Waals surface area contributed by atoms with Gasteiger partial charge in [0.05, 0.1) is 39.0 Å². The highest BCUT2D eigenvalue weighted by molar-refractivity contribution is 5.51. The van der Waals surface area contributed by atoms with Crippen molar-refractivity contribution in [2.45, 2.75) is 6.04 Å². The molecule has 1 aliphatic rings. The third-order valence-electron chi connectivity index (χ3n) is 2.82. The Balaban J connectivity index is 2.36. The third kappa shape index (κ3) is 2.45. The molecule has 0 aromatic heterocycles. The van der Waals surface area contributed by atoms with Crippen molar-refractivity contribution >= 4 is 0 Å². The van der Waals surface area contributed by atoms with Gasteiger partial charge in [-0.1, -0.05) is 0 Å². The molecule has 0 amide bonds. The number of phenols is 1. The van der Waals surface area contributed by atoms with Crippen molar-refractivity contribution in [1.82, 2.24) is 5.32 Å². The van der Waals surface area contributed by atoms with Crippen LogP contribution in [-0.2, 0) is 4.74 Å². The van der Waals surface area contributed by atoms with Crippen molar-refractivity contribution in [1.29, 1.82) is 0 Å². The molecule has 0 spiro atoms. The molecule has 2 rings (SSSR count). The van der Waals surface area contributed by atoms with Gasteiger partial charge in [0.25, 0.3) is 0 Å². The van der Waals surface area contributed by atoms with E-state index in [4.69, 9.17) is 14.2 Å². The first kappa shape index (κ1) is 12.0. The van der Waals surface area contributed by atoms with Gasteiger partial charge in [-0.15, -0.1) is 0 Å². The largest absolute Gasteiger partial charge is 0.507 e. The van der Waals surface area contributed by atoms with Crippen LogP contribution < -0.4 is 14.8 Å². The first-order chi connectivity index (χ1) is 8.26. The van der Waals surface area contributed by atoms with Crippen molar-refractivity contribution in [2.75, 3.05) is 34.0 Å². The molecule has 0 radical (unpaired) electrons. The second-order valence-corrected chi connectivity index (χ2v) is 3.84. The average molecular weight is 239 g/mol. The molecule has 17 heavy (non-hydrogen) atoms. The molecule has 5 heteroatoms. The molecule has 1 heterocycles. The molecule has 1 saturated heterocycles. The summed E-state index contributed by atoms with van der Waals surface area (Å²) in [4.78, 5) is 0. The Bertz CT molecular complexity index is 388. The topological polar surface area (TPSA) is 60.0 Å². The zero-order chi connectivity index (χ0) is 12.3. The van der Waals surface area contributed by atoms with Gasteiger partial charge in [-0.2, -0.15) is 0 Å². The van der Waals surface area contributed by atoms with Crippen LogP contribution in [0.1, 0.15) is 11.6 Å². The first-order valence-corrected chi connectivity index (χ1v) is 5.52. The highest BCUT2D eigenvalue weighted by Gasteiger charge is 2.23. The summed E-state index contributed by atoms with van der Waals surface area (Å²) >= 11 is 0. The van der Waals surface area contributed by atoms with E-state index in [0.29, 0.717) is 30.3 Å². The van der Waals surface area contributed by atoms with E-state index in [2.05, 4.69) is 5.32 Å². The lowest BCUT2D eigenvalue weighted by atomic mass is 10.0. The lowest BCUT2D eigenvalue weighted by Gasteiger charge is -2.26. The molecule has 0 unspecified atom stereocenters. The first-order valence-electron chi connectivity index (χ1n) is 5.52. The summed E-state index contributed by atoms with van der Waals surface area (Å²) < 4.78 is 15.8. The molecule has 1 aliphatic heterocycles. The minimum Gasteiger partial charge on any atom is -0.507 e. The number of ether oxygens (including phenoxy) is 3. The Labute approximate surface area is 100 Å². The summed E-state index contributed by atoms with van der Waals surface area (Å²) in [5.74, 6) is 1.33. The minimum absolute atomic E-state index is 0.0513. The van der Waals surface area contributed by atoms with Gasteiger partial charge in [0.15, 0.2) is 0 Å². The highest BCUT2D eigenvalue weighted by Crippen LogP contribution is 2.38. The standard InChI is InChI=1S/C12H17NO4/c1-15-8-5-10(14)12(11(6-8)16-2)9-7-17-4-3-13-9/h5-6,9,13-14H,3-4,7H2,1-2H3/t9-/m1/s1. The molecule has 2 N–H and O–H groups in total. The maximum Gasteiger partial charge on any atom is 0.131 e. The van der Waals surface area contributed by atoms with Crippen LogP contribution in [0.2, 0.25) is 0 Å². The van der Waals surface area contributed by atoms with E-state index in [1.807, 2.05) is 0 Å². The summed E-state index contributed by atoms with van der Waals surface area (Å²) in [6.07, 6.45) is 0. The zero-order valence-electron chi connectivity index (χ0n) is 10.0. The Morgan fingerprint density at radius 1 is 1.35 bits per heavy atom. The molecular formula is C12H17NO4. The number of benzene rings is 1. The van der Waals surface area contributed by atoms with Crippen molar-refractivity contribution in [3.05, 3.63) is 17.7 Å². The zero-order valence-corrected chi connectivity index (χ0v) is 10.0. The van der Waals surface area contributed by atoms with E-state index >= 15 is 0 Å². The summed E-state index contributed by atoms with van der Waals surface area (Å²) in [6, 6.07) is 3.28. The van der Waals surface area contributed by atoms with E-state index < -0.39 is 0 Å². The summed E-state index contributed by atoms with van der Waals surface area (Å²) in [6.45, 7) is 1.98. The average Bonchev–Trinajstić information content (AvgIpc) is 2.38. The number of methoxy groups -OCH3 is 2. The van der Waals surface area contributed by atoms with Crippen molar-refractivity contribution in [2.24, 2.45) is 0 Å². The molecule has 5 nitrogen and oxygen atoms in total. The van der Waals surface area contributed by atoms with E-state index in [1.54, 1.807) is 26.4 Å². The fraction of sp³-hybridized carbons (Fsp3) is 0.500. The van der Waals surface area contributed by atoms with Crippen LogP contribution in [0.15, 0.2) is 12.1 Å². The third-order valence-corrected chi connectivity index (χ3v) is 2.82. The Morgan fingerprint density at radius 3 is 2.76 bits per heavy atom. The van der Waals surface area contributed by atoms with Gasteiger partial charge in [0.2, 0.25) is 0 Å². The lowest BCUT2D eigenvalue weighted by Crippen LogP contribution is -2.34. The lowest BCUT2D eigenvalue weighted by molar-refractivity contribution is 0.0752. The summed E-state index contributed by atoms with van der Waals surface area (Å²) in [5, 5.41) is 13.3. The summed E-state index contributed by atoms with van der Waals surface area (Å²) in [7, 11) is 3.12. The predicted octanol–water partition coefficient (Wildman–Crippen LogP) is 1.07. The van der Waals surface area contributed by atoms with Gasteiger partial charge in [0.1, 0.15) is 17.2 Å². The van der Waals surface area contributed by atoms with Crippen molar-refractivity contribution in [3.8, 4) is 17.2 Å². The molecule has 0 bridgehead atoms. The number of morpholine rings is 1. The maximum atomic E-state index is 10.0. The van der Waals surface area contributed by atoms with Crippen LogP contribution in [-0.4, -0.2) is 39.1 Å². The summed E-state index contributed by atoms with van der Waals surface area (Å²) in [5.41, 5.74) is 0.716. The molecular weight excluding hydrogens is 222 g/mol. The van der Waals surface area contributed by atoms with Crippen LogP contribution in [0, 0.1) is 0 Å². The molecule has 1 aromatic rings. The minimum atomic E-state index is -0.0513. The molecule has 1 fully saturated rings. The van der Waals surface area contributed by atoms with E-state index in [9.17, 15) is 5.11 Å². The molecule has 0 saturated carbocycles. The normalized spacial score (nSPS) is 20.0. The quantitative estimate of drug-likeness (QED) is 0.826. The Morgan fingerprint density at radius 2 is 2.18 bits per heavy atom. The number of rotatable bonds is 3. The second-order valence-electron chi connectivity index (χ2n) is 3.84. The van der Waals surface area contributed by atoms with Crippen LogP contribution in [0.4, 0.5) is 0 Å². The van der Waals surface area contributed by atoms with E-state index in [-0.39, 0.29) is 11.8 Å². The number of nitrogens with one attached hydrogen (secondary N) is 1. The smallest absolute Gasteiger partial charge is 0.131 e. The molecule has 0 aliphatic carbocycles. The fourth-order valence-electron chi connectivity index (χ4n) is 1.98. The van der Waals surface area contributed by atoms with Crippen LogP contribution in [0.5, 0.6) is 17.2 Å². The van der Waals surface area contributed by atoms with Crippen molar-refractivity contribution < 1.29 is 19.3 Å². The fourth-order valence-corrected chi connectivity index (χ4v) is 1.98. The molecule has 1 atom stereocenters. The van der Waals surface area contributed by atoms with Gasteiger partial charge in [0, 0.05) is 18.7 Å². The monoisotopic (exact) mass is 239 g/mol. The number of hydrogen-bond donors (Lipinski definition) is 2. The Hall–Kier alpha value is -1.46. The van der Waals surface area contributed by atoms with E-state index in [0.717, 1.165) is 6.54 Å². The van der Waals surface area contributed by atoms with E-state index in [1.165, 1.54) is 0 Å². The SMILES string of the molecule is COc1cc(O)c([C@H]2COCCN2)c(OC)c1. The predicted molar refractivity (Wildman–Crippen MR) is 62.8 cm³/mol. The van der Waals surface area contributed by atoms with Gasteiger partial charge in [-0.25, -0.2) is 0 Å². The van der Waals surface area contributed by atoms with Gasteiger partial charge in [-0.05, 0) is 0 Å². The van der Waals surface area contributed by atoms with Crippen LogP contribution in [0.3, 0.4) is 0 Å². The molecule has 1 aromatic carbocycles. The second kappa shape index (κ2) is 5.25. The van der Waals surface area contributed by atoms with Gasteiger partial charge in [-0.3, -0.25) is 0 Å². The van der Waals surface area contributed by atoms with Crippen LogP contribution in [0.25, 0.3) is 0 Å².